The molecule has 0 saturated carbocycles. The van der Waals surface area contributed by atoms with Crippen LogP contribution in [0.15, 0.2) is 28.7 Å². The number of piperidine rings is 1. The monoisotopic (exact) mass is 359 g/mol. The number of fused-ring (bicyclic) bond motifs is 1. The Bertz CT molecular complexity index is 735. The number of carbonyl (C=O) groups is 1. The fourth-order valence-electron chi connectivity index (χ4n) is 3.58. The fraction of sp³-hybridized carbons (Fsp3) is 0.550. The maximum Gasteiger partial charge on any atom is 0.321 e. The number of anilines is 1. The van der Waals surface area contributed by atoms with Gasteiger partial charge in [-0.2, -0.15) is 0 Å². The molecule has 142 valence electrons. The van der Waals surface area contributed by atoms with Gasteiger partial charge in [0.15, 0.2) is 5.58 Å². The van der Waals surface area contributed by atoms with Gasteiger partial charge in [-0.3, -0.25) is 0 Å². The number of nitrogens with one attached hydrogen (secondary N) is 1. The van der Waals surface area contributed by atoms with Gasteiger partial charge in [0.2, 0.25) is 0 Å². The first kappa shape index (κ1) is 18.7. The minimum absolute atomic E-state index is 0.0895. The second kappa shape index (κ2) is 8.56. The average Bonchev–Trinajstić information content (AvgIpc) is 3.02. The number of rotatable bonds is 6. The Morgan fingerprint density at radius 3 is 2.88 bits per heavy atom. The molecule has 0 spiro atoms. The van der Waals surface area contributed by atoms with E-state index in [2.05, 4.69) is 10.2 Å². The number of ether oxygens (including phenoxy) is 1. The predicted molar refractivity (Wildman–Crippen MR) is 104 cm³/mol. The maximum atomic E-state index is 12.6. The number of para-hydroxylation sites is 1. The highest BCUT2D eigenvalue weighted by Crippen LogP contribution is 2.27. The number of carbonyl (C=O) groups excluding carboxylic acids is 1. The number of aryl methyl sites for hydroxylation is 1. The van der Waals surface area contributed by atoms with Gasteiger partial charge in [0.05, 0.1) is 12.3 Å². The van der Waals surface area contributed by atoms with E-state index in [4.69, 9.17) is 9.15 Å². The highest BCUT2D eigenvalue weighted by molar-refractivity contribution is 5.99. The Hall–Kier alpha value is -2.05. The molecule has 1 fully saturated rings. The van der Waals surface area contributed by atoms with Crippen molar-refractivity contribution in [3.05, 3.63) is 30.0 Å². The van der Waals surface area contributed by atoms with Crippen LogP contribution in [0.2, 0.25) is 0 Å². The van der Waals surface area contributed by atoms with Crippen molar-refractivity contribution in [2.24, 2.45) is 5.92 Å². The second-order valence-corrected chi connectivity index (χ2v) is 7.17. The molecule has 1 N–H and O–H groups in total. The van der Waals surface area contributed by atoms with Crippen LogP contribution in [0.3, 0.4) is 0 Å². The standard InChI is InChI=1S/C20H29N3O3/c1-15-13-17-5-4-6-18(19(17)26-15)21-20(24)22(2)14-16-7-9-23(10-8-16)11-12-25-3/h4-6,13,16H,7-12,14H2,1-3H3,(H,21,24). The number of amides is 2. The zero-order chi connectivity index (χ0) is 18.5. The smallest absolute Gasteiger partial charge is 0.321 e. The summed E-state index contributed by atoms with van der Waals surface area (Å²) in [4.78, 5) is 16.8. The van der Waals surface area contributed by atoms with Crippen molar-refractivity contribution < 1.29 is 13.9 Å². The van der Waals surface area contributed by atoms with Gasteiger partial charge in [0.25, 0.3) is 0 Å². The number of hydrogen-bond donors (Lipinski definition) is 1. The Kier molecular flexibility index (Phi) is 6.16. The normalized spacial score (nSPS) is 16.1. The molecule has 0 bridgehead atoms. The minimum atomic E-state index is -0.0895. The van der Waals surface area contributed by atoms with Crippen molar-refractivity contribution in [3.8, 4) is 0 Å². The summed E-state index contributed by atoms with van der Waals surface area (Å²) in [5.74, 6) is 1.39. The van der Waals surface area contributed by atoms with Crippen LogP contribution in [-0.4, -0.2) is 62.8 Å². The molecule has 0 atom stereocenters. The predicted octanol–water partition coefficient (Wildman–Crippen LogP) is 3.56. The van der Waals surface area contributed by atoms with Gasteiger partial charge in [0.1, 0.15) is 5.76 Å². The number of benzene rings is 1. The van der Waals surface area contributed by atoms with Gasteiger partial charge in [-0.05, 0) is 50.9 Å². The van der Waals surface area contributed by atoms with Crippen molar-refractivity contribution in [1.82, 2.24) is 9.80 Å². The van der Waals surface area contributed by atoms with E-state index in [9.17, 15) is 4.79 Å². The molecule has 3 rings (SSSR count). The molecule has 1 aromatic heterocycles. The van der Waals surface area contributed by atoms with Crippen LogP contribution in [0.1, 0.15) is 18.6 Å². The molecule has 1 aliphatic rings. The van der Waals surface area contributed by atoms with Crippen molar-refractivity contribution in [2.45, 2.75) is 19.8 Å². The summed E-state index contributed by atoms with van der Waals surface area (Å²) < 4.78 is 10.9. The molecular weight excluding hydrogens is 330 g/mol. The van der Waals surface area contributed by atoms with Crippen LogP contribution in [0.5, 0.6) is 0 Å². The van der Waals surface area contributed by atoms with Crippen molar-refractivity contribution in [2.75, 3.05) is 52.3 Å². The minimum Gasteiger partial charge on any atom is -0.459 e. The van der Waals surface area contributed by atoms with E-state index in [1.165, 1.54) is 0 Å². The first-order valence-corrected chi connectivity index (χ1v) is 9.29. The maximum absolute atomic E-state index is 12.6. The Labute approximate surface area is 155 Å². The van der Waals surface area contributed by atoms with E-state index in [1.54, 1.807) is 12.0 Å². The van der Waals surface area contributed by atoms with Crippen LogP contribution in [0.4, 0.5) is 10.5 Å². The molecule has 2 heterocycles. The molecule has 6 heteroatoms. The zero-order valence-corrected chi connectivity index (χ0v) is 16.0. The van der Waals surface area contributed by atoms with Crippen molar-refractivity contribution >= 4 is 22.7 Å². The van der Waals surface area contributed by atoms with E-state index in [0.717, 1.165) is 68.0 Å². The van der Waals surface area contributed by atoms with Gasteiger partial charge in [-0.25, -0.2) is 4.79 Å². The van der Waals surface area contributed by atoms with Crippen LogP contribution in [0, 0.1) is 12.8 Å². The third kappa shape index (κ3) is 4.56. The van der Waals surface area contributed by atoms with Gasteiger partial charge in [-0.15, -0.1) is 0 Å². The van der Waals surface area contributed by atoms with Gasteiger partial charge in [-0.1, -0.05) is 12.1 Å². The number of furan rings is 1. The molecule has 2 aromatic rings. The molecule has 2 amide bonds. The first-order chi connectivity index (χ1) is 12.6. The largest absolute Gasteiger partial charge is 0.459 e. The lowest BCUT2D eigenvalue weighted by Crippen LogP contribution is -2.41. The van der Waals surface area contributed by atoms with Crippen molar-refractivity contribution in [3.63, 3.8) is 0 Å². The summed E-state index contributed by atoms with van der Waals surface area (Å²) in [6.07, 6.45) is 2.24. The molecule has 0 radical (unpaired) electrons. The SMILES string of the molecule is COCCN1CCC(CN(C)C(=O)Nc2cccc3cc(C)oc23)CC1. The summed E-state index contributed by atoms with van der Waals surface area (Å²) >= 11 is 0. The molecular formula is C20H29N3O3. The van der Waals surface area contributed by atoms with E-state index in [0.29, 0.717) is 5.92 Å². The molecule has 0 unspecified atom stereocenters. The lowest BCUT2D eigenvalue weighted by molar-refractivity contribution is 0.113. The third-order valence-corrected chi connectivity index (χ3v) is 5.11. The van der Waals surface area contributed by atoms with Crippen LogP contribution >= 0.6 is 0 Å². The van der Waals surface area contributed by atoms with E-state index < -0.39 is 0 Å². The third-order valence-electron chi connectivity index (χ3n) is 5.11. The summed E-state index contributed by atoms with van der Waals surface area (Å²) in [7, 11) is 3.60. The summed E-state index contributed by atoms with van der Waals surface area (Å²) in [6.45, 7) is 6.62. The van der Waals surface area contributed by atoms with Crippen LogP contribution in [-0.2, 0) is 4.74 Å². The fourth-order valence-corrected chi connectivity index (χ4v) is 3.58. The summed E-state index contributed by atoms with van der Waals surface area (Å²) in [6, 6.07) is 7.69. The van der Waals surface area contributed by atoms with Crippen molar-refractivity contribution in [1.29, 1.82) is 0 Å². The molecule has 1 aromatic carbocycles. The van der Waals surface area contributed by atoms with Gasteiger partial charge >= 0.3 is 6.03 Å². The summed E-state index contributed by atoms with van der Waals surface area (Å²) in [5, 5.41) is 4.00. The van der Waals surface area contributed by atoms with Gasteiger partial charge in [0, 0.05) is 32.6 Å². The molecule has 26 heavy (non-hydrogen) atoms. The van der Waals surface area contributed by atoms with E-state index >= 15 is 0 Å². The topological polar surface area (TPSA) is 58.0 Å². The summed E-state index contributed by atoms with van der Waals surface area (Å²) in [5.41, 5.74) is 1.46. The first-order valence-electron chi connectivity index (χ1n) is 9.29. The highest BCUT2D eigenvalue weighted by atomic mass is 16.5. The highest BCUT2D eigenvalue weighted by Gasteiger charge is 2.22. The molecule has 6 nitrogen and oxygen atoms in total. The number of methoxy groups -OCH3 is 1. The number of likely N-dealkylation sites (tertiary alicyclic amines) is 1. The lowest BCUT2D eigenvalue weighted by Gasteiger charge is -2.33. The Balaban J connectivity index is 1.52. The van der Waals surface area contributed by atoms with E-state index in [-0.39, 0.29) is 6.03 Å². The average molecular weight is 359 g/mol. The lowest BCUT2D eigenvalue weighted by atomic mass is 9.96. The molecule has 1 aliphatic heterocycles. The molecule has 1 saturated heterocycles. The van der Waals surface area contributed by atoms with Crippen LogP contribution in [0.25, 0.3) is 11.0 Å². The Morgan fingerprint density at radius 2 is 2.15 bits per heavy atom. The molecule has 0 aliphatic carbocycles. The second-order valence-electron chi connectivity index (χ2n) is 7.17. The number of urea groups is 1. The van der Waals surface area contributed by atoms with Gasteiger partial charge < -0.3 is 24.3 Å². The number of nitrogens with zero attached hydrogens (tertiary/aromatic N) is 2. The van der Waals surface area contributed by atoms with E-state index in [1.807, 2.05) is 38.2 Å². The van der Waals surface area contributed by atoms with Crippen LogP contribution < -0.4 is 5.32 Å². The number of hydrogen-bond acceptors (Lipinski definition) is 4. The zero-order valence-electron chi connectivity index (χ0n) is 16.0. The quantitative estimate of drug-likeness (QED) is 0.857. The Morgan fingerprint density at radius 1 is 1.38 bits per heavy atom.